The van der Waals surface area contributed by atoms with Gasteiger partial charge in [0.2, 0.25) is 0 Å². The maximum Gasteiger partial charge on any atom is 0.253 e. The number of nitrogens with zero attached hydrogens (tertiary/aromatic N) is 3. The Labute approximate surface area is 147 Å². The van der Waals surface area contributed by atoms with Crippen LogP contribution in [0, 0.1) is 6.92 Å². The van der Waals surface area contributed by atoms with Crippen molar-refractivity contribution >= 4 is 17.4 Å². The fraction of sp³-hybridized carbons (Fsp3) is 0.150. The zero-order valence-corrected chi connectivity index (χ0v) is 14.5. The second-order valence-electron chi connectivity index (χ2n) is 5.97. The van der Waals surface area contributed by atoms with Gasteiger partial charge in [-0.25, -0.2) is 4.98 Å². The first-order valence-electron chi connectivity index (χ1n) is 8.01. The van der Waals surface area contributed by atoms with Crippen LogP contribution in [-0.2, 0) is 0 Å². The van der Waals surface area contributed by atoms with Crippen LogP contribution in [0.3, 0.4) is 0 Å². The number of aromatic nitrogens is 2. The summed E-state index contributed by atoms with van der Waals surface area (Å²) >= 11 is 0. The summed E-state index contributed by atoms with van der Waals surface area (Å²) in [5.41, 5.74) is 4.56. The lowest BCUT2D eigenvalue weighted by atomic mass is 10.1. The van der Waals surface area contributed by atoms with Crippen LogP contribution in [0.4, 0.5) is 11.5 Å². The Balaban J connectivity index is 1.76. The summed E-state index contributed by atoms with van der Waals surface area (Å²) < 4.78 is 0. The standard InChI is InChI=1S/C20H20N4O/c1-14-18(5-4-12-21-14)23-19-11-10-17(13-22-19)15-6-8-16(9-7-15)20(25)24(2)3/h4-13H,1-3H3,(H,22,23). The molecule has 25 heavy (non-hydrogen) atoms. The summed E-state index contributed by atoms with van der Waals surface area (Å²) in [7, 11) is 3.49. The SMILES string of the molecule is Cc1ncccc1Nc1ccc(-c2ccc(C(=O)N(C)C)cc2)cn1. The van der Waals surface area contributed by atoms with Gasteiger partial charge in [-0.15, -0.1) is 0 Å². The third-order valence-electron chi connectivity index (χ3n) is 3.90. The predicted molar refractivity (Wildman–Crippen MR) is 99.9 cm³/mol. The number of nitrogens with one attached hydrogen (secondary N) is 1. The van der Waals surface area contributed by atoms with Crippen molar-refractivity contribution in [3.8, 4) is 11.1 Å². The minimum absolute atomic E-state index is 0.00365. The molecule has 1 amide bonds. The van der Waals surface area contributed by atoms with E-state index < -0.39 is 0 Å². The molecule has 3 rings (SSSR count). The molecule has 1 aromatic carbocycles. The molecule has 2 heterocycles. The van der Waals surface area contributed by atoms with Crippen LogP contribution >= 0.6 is 0 Å². The van der Waals surface area contributed by atoms with Gasteiger partial charge >= 0.3 is 0 Å². The topological polar surface area (TPSA) is 58.1 Å². The van der Waals surface area contributed by atoms with E-state index in [1.165, 1.54) is 0 Å². The lowest BCUT2D eigenvalue weighted by Crippen LogP contribution is -2.21. The molecule has 0 saturated heterocycles. The first kappa shape index (κ1) is 16.6. The normalized spacial score (nSPS) is 10.4. The Morgan fingerprint density at radius 2 is 1.68 bits per heavy atom. The van der Waals surface area contributed by atoms with E-state index >= 15 is 0 Å². The summed E-state index contributed by atoms with van der Waals surface area (Å²) in [6.07, 6.45) is 3.58. The molecule has 126 valence electrons. The minimum Gasteiger partial charge on any atom is -0.345 e. The average Bonchev–Trinajstić information content (AvgIpc) is 2.64. The third-order valence-corrected chi connectivity index (χ3v) is 3.90. The van der Waals surface area contributed by atoms with E-state index in [2.05, 4.69) is 15.3 Å². The van der Waals surface area contributed by atoms with Crippen LogP contribution in [0.1, 0.15) is 16.1 Å². The molecule has 5 heteroatoms. The maximum absolute atomic E-state index is 11.9. The lowest BCUT2D eigenvalue weighted by molar-refractivity contribution is 0.0827. The first-order valence-corrected chi connectivity index (χ1v) is 8.01. The van der Waals surface area contributed by atoms with Crippen LogP contribution < -0.4 is 5.32 Å². The molecule has 3 aromatic rings. The second-order valence-corrected chi connectivity index (χ2v) is 5.97. The van der Waals surface area contributed by atoms with Crippen LogP contribution in [-0.4, -0.2) is 34.9 Å². The van der Waals surface area contributed by atoms with E-state index in [-0.39, 0.29) is 5.91 Å². The molecular formula is C20H20N4O. The van der Waals surface area contributed by atoms with E-state index in [1.54, 1.807) is 25.2 Å². The highest BCUT2D eigenvalue weighted by molar-refractivity contribution is 5.94. The van der Waals surface area contributed by atoms with Gasteiger partial charge in [-0.2, -0.15) is 0 Å². The largest absolute Gasteiger partial charge is 0.345 e. The van der Waals surface area contributed by atoms with Gasteiger partial charge in [-0.05, 0) is 48.9 Å². The Morgan fingerprint density at radius 3 is 2.28 bits per heavy atom. The number of hydrogen-bond acceptors (Lipinski definition) is 4. The zero-order chi connectivity index (χ0) is 17.8. The van der Waals surface area contributed by atoms with Gasteiger partial charge in [-0.1, -0.05) is 12.1 Å². The minimum atomic E-state index is -0.00365. The van der Waals surface area contributed by atoms with Gasteiger partial charge in [0, 0.05) is 37.6 Å². The molecule has 0 bridgehead atoms. The molecule has 0 aliphatic heterocycles. The highest BCUT2D eigenvalue weighted by Gasteiger charge is 2.08. The number of aryl methyl sites for hydroxylation is 1. The Kier molecular flexibility index (Phi) is 4.75. The highest BCUT2D eigenvalue weighted by Crippen LogP contribution is 2.22. The molecule has 2 aromatic heterocycles. The van der Waals surface area contributed by atoms with Crippen molar-refractivity contribution in [3.63, 3.8) is 0 Å². The van der Waals surface area contributed by atoms with Crippen LogP contribution in [0.2, 0.25) is 0 Å². The summed E-state index contributed by atoms with van der Waals surface area (Å²) in [4.78, 5) is 22.2. The zero-order valence-electron chi connectivity index (χ0n) is 14.5. The number of pyridine rings is 2. The first-order chi connectivity index (χ1) is 12.0. The van der Waals surface area contributed by atoms with Gasteiger partial charge in [0.1, 0.15) is 5.82 Å². The molecule has 0 atom stereocenters. The van der Waals surface area contributed by atoms with Crippen molar-refractivity contribution in [3.05, 3.63) is 72.2 Å². The fourth-order valence-corrected chi connectivity index (χ4v) is 2.46. The fourth-order valence-electron chi connectivity index (χ4n) is 2.46. The van der Waals surface area contributed by atoms with Gasteiger partial charge in [0.25, 0.3) is 5.91 Å². The quantitative estimate of drug-likeness (QED) is 0.787. The van der Waals surface area contributed by atoms with Gasteiger partial charge in [0.05, 0.1) is 11.4 Å². The summed E-state index contributed by atoms with van der Waals surface area (Å²) in [5, 5.41) is 3.26. The van der Waals surface area contributed by atoms with E-state index in [0.29, 0.717) is 5.56 Å². The average molecular weight is 332 g/mol. The van der Waals surface area contributed by atoms with Crippen LogP contribution in [0.15, 0.2) is 60.9 Å². The maximum atomic E-state index is 11.9. The molecule has 0 aliphatic rings. The summed E-state index contributed by atoms with van der Waals surface area (Å²) in [6, 6.07) is 15.3. The third kappa shape index (κ3) is 3.83. The summed E-state index contributed by atoms with van der Waals surface area (Å²) in [5.74, 6) is 0.760. The number of benzene rings is 1. The van der Waals surface area contributed by atoms with Gasteiger partial charge < -0.3 is 10.2 Å². The number of carbonyl (C=O) groups is 1. The highest BCUT2D eigenvalue weighted by atomic mass is 16.2. The molecule has 5 nitrogen and oxygen atoms in total. The smallest absolute Gasteiger partial charge is 0.253 e. The Bertz CT molecular complexity index is 871. The van der Waals surface area contributed by atoms with Crippen molar-refractivity contribution in [2.24, 2.45) is 0 Å². The van der Waals surface area contributed by atoms with Crippen molar-refractivity contribution in [1.82, 2.24) is 14.9 Å². The van der Waals surface area contributed by atoms with E-state index in [1.807, 2.05) is 61.7 Å². The molecule has 0 unspecified atom stereocenters. The summed E-state index contributed by atoms with van der Waals surface area (Å²) in [6.45, 7) is 1.95. The number of anilines is 2. The molecule has 0 radical (unpaired) electrons. The molecule has 0 spiro atoms. The van der Waals surface area contributed by atoms with Crippen LogP contribution in [0.5, 0.6) is 0 Å². The molecular weight excluding hydrogens is 312 g/mol. The van der Waals surface area contributed by atoms with E-state index in [0.717, 1.165) is 28.3 Å². The van der Waals surface area contributed by atoms with E-state index in [4.69, 9.17) is 0 Å². The van der Waals surface area contributed by atoms with Crippen molar-refractivity contribution < 1.29 is 4.79 Å². The molecule has 0 aliphatic carbocycles. The van der Waals surface area contributed by atoms with E-state index in [9.17, 15) is 4.79 Å². The van der Waals surface area contributed by atoms with Gasteiger partial charge in [0.15, 0.2) is 0 Å². The van der Waals surface area contributed by atoms with Crippen molar-refractivity contribution in [2.75, 3.05) is 19.4 Å². The lowest BCUT2D eigenvalue weighted by Gasteiger charge is -2.11. The van der Waals surface area contributed by atoms with Gasteiger partial charge in [-0.3, -0.25) is 9.78 Å². The second kappa shape index (κ2) is 7.13. The number of rotatable bonds is 4. The molecule has 0 saturated carbocycles. The number of hydrogen-bond donors (Lipinski definition) is 1. The number of amides is 1. The molecule has 0 fully saturated rings. The van der Waals surface area contributed by atoms with Crippen molar-refractivity contribution in [1.29, 1.82) is 0 Å². The number of carbonyl (C=O) groups excluding carboxylic acids is 1. The monoisotopic (exact) mass is 332 g/mol. The molecule has 1 N–H and O–H groups in total. The van der Waals surface area contributed by atoms with Crippen LogP contribution in [0.25, 0.3) is 11.1 Å². The Hall–Kier alpha value is -3.21. The predicted octanol–water partition coefficient (Wildman–Crippen LogP) is 3.90. The Morgan fingerprint density at radius 1 is 0.960 bits per heavy atom. The van der Waals surface area contributed by atoms with Crippen molar-refractivity contribution in [2.45, 2.75) is 6.92 Å².